The Hall–Kier alpha value is -2.17. The van der Waals surface area contributed by atoms with Crippen LogP contribution in [0.1, 0.15) is 25.0 Å². The van der Waals surface area contributed by atoms with Crippen LogP contribution in [-0.2, 0) is 33.0 Å². The Morgan fingerprint density at radius 3 is 2.48 bits per heavy atom. The summed E-state index contributed by atoms with van der Waals surface area (Å²) in [6.07, 6.45) is 0.561. The molecule has 7 nitrogen and oxygen atoms in total. The molecule has 1 heterocycles. The van der Waals surface area contributed by atoms with Gasteiger partial charge >= 0.3 is 0 Å². The summed E-state index contributed by atoms with van der Waals surface area (Å²) < 4.78 is 72.5. The Labute approximate surface area is 170 Å². The topological polar surface area (TPSA) is 92.8 Å². The van der Waals surface area contributed by atoms with Crippen LogP contribution in [0.3, 0.4) is 0 Å². The van der Waals surface area contributed by atoms with Gasteiger partial charge in [0.05, 0.1) is 17.3 Å². The molecule has 1 N–H and O–H groups in total. The van der Waals surface area contributed by atoms with Gasteiger partial charge in [-0.05, 0) is 61.7 Å². The normalized spacial score (nSPS) is 15.0. The van der Waals surface area contributed by atoms with Crippen LogP contribution in [0, 0.1) is 5.82 Å². The number of nitrogens with zero attached hydrogens (tertiary/aromatic N) is 1. The largest absolute Gasteiger partial charge is 0.491 e. The summed E-state index contributed by atoms with van der Waals surface area (Å²) in [6.45, 7) is 4.15. The van der Waals surface area contributed by atoms with Crippen LogP contribution in [-0.4, -0.2) is 40.0 Å². The average molecular weight is 443 g/mol. The molecule has 0 fully saturated rings. The molecule has 0 saturated heterocycles. The molecule has 0 spiro atoms. The van der Waals surface area contributed by atoms with Gasteiger partial charge in [-0.3, -0.25) is 4.72 Å². The minimum atomic E-state index is -4.02. The van der Waals surface area contributed by atoms with Crippen LogP contribution >= 0.6 is 0 Å². The number of halogens is 1. The zero-order valence-electron chi connectivity index (χ0n) is 16.2. The third kappa shape index (κ3) is 4.71. The maximum atomic E-state index is 14.0. The number of benzene rings is 2. The first-order chi connectivity index (χ1) is 13.7. The number of anilines is 1. The van der Waals surface area contributed by atoms with Gasteiger partial charge in [0, 0.05) is 18.8 Å². The standard InChI is InChI=1S/C19H23FN2O5S2/c1-3-27-19-8-7-17(12-18(19)20)29(25,26)21-16-6-5-14-9-10-22(13-15(14)11-16)28(23,24)4-2/h5-8,11-12,21H,3-4,9-10,13H2,1-2H3. The second-order valence-corrected chi connectivity index (χ2v) is 10.5. The van der Waals surface area contributed by atoms with E-state index in [1.54, 1.807) is 32.0 Å². The molecule has 0 radical (unpaired) electrons. The molecule has 2 aromatic carbocycles. The number of rotatable bonds is 7. The van der Waals surface area contributed by atoms with Crippen LogP contribution in [0.4, 0.5) is 10.1 Å². The third-order valence-corrected chi connectivity index (χ3v) is 7.91. The fraction of sp³-hybridized carbons (Fsp3) is 0.368. The number of sulfonamides is 2. The van der Waals surface area contributed by atoms with Gasteiger partial charge in [-0.2, -0.15) is 4.31 Å². The first-order valence-corrected chi connectivity index (χ1v) is 12.3. The van der Waals surface area contributed by atoms with Crippen molar-refractivity contribution in [2.75, 3.05) is 23.6 Å². The van der Waals surface area contributed by atoms with Gasteiger partial charge in [-0.25, -0.2) is 21.2 Å². The molecule has 0 bridgehead atoms. The lowest BCUT2D eigenvalue weighted by molar-refractivity contribution is 0.321. The van der Waals surface area contributed by atoms with E-state index in [1.165, 1.54) is 16.4 Å². The van der Waals surface area contributed by atoms with Crippen LogP contribution in [0.5, 0.6) is 5.75 Å². The molecule has 0 aromatic heterocycles. The van der Waals surface area contributed by atoms with Crippen molar-refractivity contribution in [3.8, 4) is 5.75 Å². The van der Waals surface area contributed by atoms with Crippen molar-refractivity contribution in [2.24, 2.45) is 0 Å². The van der Waals surface area contributed by atoms with Crippen molar-refractivity contribution in [2.45, 2.75) is 31.7 Å². The lowest BCUT2D eigenvalue weighted by Crippen LogP contribution is -2.36. The first-order valence-electron chi connectivity index (χ1n) is 9.21. The lowest BCUT2D eigenvalue weighted by atomic mass is 10.0. The van der Waals surface area contributed by atoms with Crippen molar-refractivity contribution in [3.05, 3.63) is 53.3 Å². The van der Waals surface area contributed by atoms with E-state index in [0.29, 0.717) is 13.0 Å². The number of ether oxygens (including phenoxy) is 1. The first kappa shape index (κ1) is 21.5. The van der Waals surface area contributed by atoms with Crippen LogP contribution < -0.4 is 9.46 Å². The van der Waals surface area contributed by atoms with Gasteiger partial charge in [0.15, 0.2) is 11.6 Å². The fourth-order valence-corrected chi connectivity index (χ4v) is 5.28. The predicted octanol–water partition coefficient (Wildman–Crippen LogP) is 2.73. The van der Waals surface area contributed by atoms with Crippen LogP contribution in [0.25, 0.3) is 0 Å². The Bertz CT molecular complexity index is 1120. The average Bonchev–Trinajstić information content (AvgIpc) is 2.68. The predicted molar refractivity (Wildman–Crippen MR) is 108 cm³/mol. The van der Waals surface area contributed by atoms with E-state index in [2.05, 4.69) is 4.72 Å². The van der Waals surface area contributed by atoms with E-state index in [9.17, 15) is 21.2 Å². The molecule has 0 saturated carbocycles. The lowest BCUT2D eigenvalue weighted by Gasteiger charge is -2.28. The Kier molecular flexibility index (Phi) is 6.16. The van der Waals surface area contributed by atoms with Gasteiger partial charge < -0.3 is 4.74 Å². The summed E-state index contributed by atoms with van der Waals surface area (Å²) in [7, 11) is -7.35. The van der Waals surface area contributed by atoms with Crippen molar-refractivity contribution >= 4 is 25.7 Å². The van der Waals surface area contributed by atoms with E-state index in [0.717, 1.165) is 17.2 Å². The quantitative estimate of drug-likeness (QED) is 0.712. The van der Waals surface area contributed by atoms with E-state index >= 15 is 0 Å². The Balaban J connectivity index is 1.84. The maximum absolute atomic E-state index is 14.0. The van der Waals surface area contributed by atoms with E-state index in [-0.39, 0.29) is 35.2 Å². The number of hydrogen-bond donors (Lipinski definition) is 1. The van der Waals surface area contributed by atoms with Crippen molar-refractivity contribution < 1.29 is 26.0 Å². The van der Waals surface area contributed by atoms with Crippen molar-refractivity contribution in [3.63, 3.8) is 0 Å². The molecule has 158 valence electrons. The molecule has 1 aliphatic rings. The SMILES string of the molecule is CCOc1ccc(S(=O)(=O)Nc2ccc3c(c2)CN(S(=O)(=O)CC)CC3)cc1F. The smallest absolute Gasteiger partial charge is 0.262 e. The van der Waals surface area contributed by atoms with Crippen molar-refractivity contribution in [1.29, 1.82) is 0 Å². The number of fused-ring (bicyclic) bond motifs is 1. The zero-order chi connectivity index (χ0) is 21.2. The third-order valence-electron chi connectivity index (χ3n) is 4.71. The van der Waals surface area contributed by atoms with Gasteiger partial charge in [0.1, 0.15) is 0 Å². The van der Waals surface area contributed by atoms with E-state index in [1.807, 2.05) is 0 Å². The number of hydrogen-bond acceptors (Lipinski definition) is 5. The highest BCUT2D eigenvalue weighted by Gasteiger charge is 2.26. The molecular weight excluding hydrogens is 419 g/mol. The summed E-state index contributed by atoms with van der Waals surface area (Å²) in [6, 6.07) is 8.46. The molecule has 0 amide bonds. The molecule has 10 heteroatoms. The summed E-state index contributed by atoms with van der Waals surface area (Å²) >= 11 is 0. The minimum absolute atomic E-state index is 0.0119. The van der Waals surface area contributed by atoms with Gasteiger partial charge in [0.2, 0.25) is 10.0 Å². The molecule has 0 aliphatic carbocycles. The second-order valence-electron chi connectivity index (χ2n) is 6.60. The van der Waals surface area contributed by atoms with Gasteiger partial charge in [-0.15, -0.1) is 0 Å². The molecule has 0 unspecified atom stereocenters. The Morgan fingerprint density at radius 1 is 1.07 bits per heavy atom. The monoisotopic (exact) mass is 442 g/mol. The van der Waals surface area contributed by atoms with Crippen LogP contribution in [0.15, 0.2) is 41.3 Å². The molecule has 0 atom stereocenters. The fourth-order valence-electron chi connectivity index (χ4n) is 3.15. The second kappa shape index (κ2) is 8.29. The highest BCUT2D eigenvalue weighted by molar-refractivity contribution is 7.92. The molecule has 1 aliphatic heterocycles. The summed E-state index contributed by atoms with van der Waals surface area (Å²) in [4.78, 5) is -0.230. The van der Waals surface area contributed by atoms with E-state index < -0.39 is 25.9 Å². The molecule has 29 heavy (non-hydrogen) atoms. The minimum Gasteiger partial charge on any atom is -0.491 e. The summed E-state index contributed by atoms with van der Waals surface area (Å²) in [5.41, 5.74) is 2.00. The van der Waals surface area contributed by atoms with E-state index in [4.69, 9.17) is 4.74 Å². The zero-order valence-corrected chi connectivity index (χ0v) is 17.8. The molecule has 3 rings (SSSR count). The molecule has 2 aromatic rings. The van der Waals surface area contributed by atoms with Crippen LogP contribution in [0.2, 0.25) is 0 Å². The highest BCUT2D eigenvalue weighted by Crippen LogP contribution is 2.27. The molecular formula is C19H23FN2O5S2. The Morgan fingerprint density at radius 2 is 1.83 bits per heavy atom. The van der Waals surface area contributed by atoms with Gasteiger partial charge in [0.25, 0.3) is 10.0 Å². The highest BCUT2D eigenvalue weighted by atomic mass is 32.2. The summed E-state index contributed by atoms with van der Waals surface area (Å²) in [5, 5.41) is 0. The van der Waals surface area contributed by atoms with Crippen molar-refractivity contribution in [1.82, 2.24) is 4.31 Å². The number of nitrogens with one attached hydrogen (secondary N) is 1. The van der Waals surface area contributed by atoms with Gasteiger partial charge in [-0.1, -0.05) is 6.07 Å². The maximum Gasteiger partial charge on any atom is 0.262 e. The summed E-state index contributed by atoms with van der Waals surface area (Å²) in [5.74, 6) is -0.768.